The smallest absolute Gasteiger partial charge is 0.310 e. The Bertz CT molecular complexity index is 488. The van der Waals surface area contributed by atoms with Gasteiger partial charge >= 0.3 is 5.97 Å². The molecule has 0 bridgehead atoms. The summed E-state index contributed by atoms with van der Waals surface area (Å²) < 4.78 is 30.2. The van der Waals surface area contributed by atoms with Gasteiger partial charge in [-0.3, -0.25) is 9.59 Å². The second kappa shape index (κ2) is 6.49. The zero-order valence-corrected chi connectivity index (χ0v) is 10.4. The number of alkyl halides is 3. The van der Waals surface area contributed by atoms with Crippen molar-refractivity contribution in [1.29, 1.82) is 0 Å². The number of pyridine rings is 1. The summed E-state index contributed by atoms with van der Waals surface area (Å²) in [5.74, 6) is -0.808. The minimum Gasteiger partial charge on any atom is -0.466 e. The average Bonchev–Trinajstić information content (AvgIpc) is 2.31. The number of hydrogen-bond acceptors (Lipinski definition) is 3. The van der Waals surface area contributed by atoms with Gasteiger partial charge in [-0.15, -0.1) is 11.6 Å². The van der Waals surface area contributed by atoms with Crippen molar-refractivity contribution in [3.8, 4) is 0 Å². The van der Waals surface area contributed by atoms with Crippen LogP contribution in [0.25, 0.3) is 0 Å². The Morgan fingerprint density at radius 3 is 2.72 bits per heavy atom. The Balaban J connectivity index is 3.16. The van der Waals surface area contributed by atoms with Crippen molar-refractivity contribution in [3.63, 3.8) is 0 Å². The first-order valence-electron chi connectivity index (χ1n) is 5.24. The van der Waals surface area contributed by atoms with Crippen LogP contribution in [0.2, 0.25) is 0 Å². The van der Waals surface area contributed by atoms with Crippen LogP contribution < -0.4 is 5.43 Å². The van der Waals surface area contributed by atoms with Crippen LogP contribution in [0.4, 0.5) is 8.78 Å². The normalized spacial score (nSPS) is 10.7. The van der Waals surface area contributed by atoms with Gasteiger partial charge in [0.25, 0.3) is 6.43 Å². The Morgan fingerprint density at radius 2 is 2.22 bits per heavy atom. The van der Waals surface area contributed by atoms with Crippen molar-refractivity contribution < 1.29 is 18.3 Å². The maximum Gasteiger partial charge on any atom is 0.310 e. The van der Waals surface area contributed by atoms with Crippen LogP contribution in [0.5, 0.6) is 0 Å². The highest BCUT2D eigenvalue weighted by molar-refractivity contribution is 6.16. The van der Waals surface area contributed by atoms with Gasteiger partial charge in [0.05, 0.1) is 24.6 Å². The summed E-state index contributed by atoms with van der Waals surface area (Å²) in [5.41, 5.74) is -1.32. The number of halogens is 3. The van der Waals surface area contributed by atoms with Crippen molar-refractivity contribution >= 4 is 17.6 Å². The van der Waals surface area contributed by atoms with Gasteiger partial charge in [0, 0.05) is 17.3 Å². The van der Waals surface area contributed by atoms with E-state index >= 15 is 0 Å². The van der Waals surface area contributed by atoms with Crippen LogP contribution in [-0.4, -0.2) is 17.6 Å². The standard InChI is InChI=1S/C11H12ClF2NO3/c1-2-18-9(17)4-7-8(16)3-6(5-12)15-10(7)11(13)14/h3,11H,2,4-5H2,1H3,(H,15,16). The number of aromatic nitrogens is 1. The third-order valence-electron chi connectivity index (χ3n) is 2.21. The van der Waals surface area contributed by atoms with Crippen LogP contribution in [0, 0.1) is 0 Å². The van der Waals surface area contributed by atoms with E-state index < -0.39 is 29.9 Å². The van der Waals surface area contributed by atoms with Crippen LogP contribution in [-0.2, 0) is 21.8 Å². The molecule has 1 N–H and O–H groups in total. The van der Waals surface area contributed by atoms with Crippen LogP contribution in [0.1, 0.15) is 30.3 Å². The highest BCUT2D eigenvalue weighted by Crippen LogP contribution is 2.20. The van der Waals surface area contributed by atoms with E-state index in [1.807, 2.05) is 0 Å². The van der Waals surface area contributed by atoms with Gasteiger partial charge in [0.1, 0.15) is 0 Å². The molecule has 0 aliphatic heterocycles. The summed E-state index contributed by atoms with van der Waals surface area (Å²) in [6.45, 7) is 1.72. The number of carbonyl (C=O) groups excluding carboxylic acids is 1. The molecule has 4 nitrogen and oxygen atoms in total. The average molecular weight is 280 g/mol. The molecule has 0 fully saturated rings. The number of ether oxygens (including phenoxy) is 1. The van der Waals surface area contributed by atoms with Gasteiger partial charge < -0.3 is 9.72 Å². The molecule has 100 valence electrons. The molecule has 0 aliphatic rings. The van der Waals surface area contributed by atoms with Gasteiger partial charge in [-0.2, -0.15) is 0 Å². The molecule has 7 heteroatoms. The summed E-state index contributed by atoms with van der Waals surface area (Å²) >= 11 is 5.48. The second-order valence-corrected chi connectivity index (χ2v) is 3.73. The molecule has 0 spiro atoms. The molecule has 18 heavy (non-hydrogen) atoms. The third kappa shape index (κ3) is 3.53. The van der Waals surface area contributed by atoms with E-state index in [1.54, 1.807) is 6.92 Å². The van der Waals surface area contributed by atoms with E-state index in [1.165, 1.54) is 0 Å². The Hall–Kier alpha value is -1.43. The van der Waals surface area contributed by atoms with Gasteiger partial charge in [-0.25, -0.2) is 8.78 Å². The molecule has 1 aromatic heterocycles. The fourth-order valence-electron chi connectivity index (χ4n) is 1.46. The van der Waals surface area contributed by atoms with Crippen LogP contribution in [0.3, 0.4) is 0 Å². The SMILES string of the molecule is CCOC(=O)Cc1c(C(F)F)[nH]c(CCl)cc1=O. The molecule has 0 aliphatic carbocycles. The zero-order chi connectivity index (χ0) is 13.7. The monoisotopic (exact) mass is 279 g/mol. The van der Waals surface area contributed by atoms with E-state index in [9.17, 15) is 18.4 Å². The summed E-state index contributed by atoms with van der Waals surface area (Å²) in [4.78, 5) is 25.3. The summed E-state index contributed by atoms with van der Waals surface area (Å²) in [7, 11) is 0. The predicted molar refractivity (Wildman–Crippen MR) is 61.9 cm³/mol. The number of esters is 1. The molecular formula is C11H12ClF2NO3. The summed E-state index contributed by atoms with van der Waals surface area (Å²) in [5, 5.41) is 0. The number of H-pyrrole nitrogens is 1. The molecule has 0 radical (unpaired) electrons. The molecule has 0 aromatic carbocycles. The maximum atomic E-state index is 12.8. The van der Waals surface area contributed by atoms with E-state index in [0.717, 1.165) is 6.07 Å². The molecule has 0 saturated heterocycles. The van der Waals surface area contributed by atoms with E-state index in [0.29, 0.717) is 0 Å². The van der Waals surface area contributed by atoms with Crippen LogP contribution >= 0.6 is 11.6 Å². The van der Waals surface area contributed by atoms with Gasteiger partial charge in [-0.05, 0) is 6.92 Å². The number of aromatic amines is 1. The van der Waals surface area contributed by atoms with Crippen molar-refractivity contribution in [2.75, 3.05) is 6.61 Å². The molecule has 1 heterocycles. The van der Waals surface area contributed by atoms with Crippen molar-refractivity contribution in [2.45, 2.75) is 25.7 Å². The first kappa shape index (κ1) is 14.6. The van der Waals surface area contributed by atoms with Gasteiger partial charge in [-0.1, -0.05) is 0 Å². The maximum absolute atomic E-state index is 12.8. The lowest BCUT2D eigenvalue weighted by Crippen LogP contribution is -2.20. The number of hydrogen-bond donors (Lipinski definition) is 1. The van der Waals surface area contributed by atoms with Crippen LogP contribution in [0.15, 0.2) is 10.9 Å². The molecule has 0 atom stereocenters. The lowest BCUT2D eigenvalue weighted by Gasteiger charge is -2.09. The Kier molecular flexibility index (Phi) is 5.27. The molecule has 0 saturated carbocycles. The molecule has 0 unspecified atom stereocenters. The molecular weight excluding hydrogens is 268 g/mol. The van der Waals surface area contributed by atoms with Crippen molar-refractivity contribution in [2.24, 2.45) is 0 Å². The molecule has 0 amide bonds. The fraction of sp³-hybridized carbons (Fsp3) is 0.455. The number of nitrogens with one attached hydrogen (secondary N) is 1. The predicted octanol–water partition coefficient (Wildman–Crippen LogP) is 2.16. The Morgan fingerprint density at radius 1 is 1.56 bits per heavy atom. The largest absolute Gasteiger partial charge is 0.466 e. The first-order chi connectivity index (χ1) is 8.49. The lowest BCUT2D eigenvalue weighted by molar-refractivity contribution is -0.142. The Labute approximate surface area is 107 Å². The van der Waals surface area contributed by atoms with Gasteiger partial charge in [0.15, 0.2) is 5.43 Å². The number of carbonyl (C=O) groups is 1. The highest BCUT2D eigenvalue weighted by atomic mass is 35.5. The third-order valence-corrected chi connectivity index (χ3v) is 2.50. The van der Waals surface area contributed by atoms with E-state index in [2.05, 4.69) is 9.72 Å². The zero-order valence-electron chi connectivity index (χ0n) is 9.63. The minimum atomic E-state index is -2.88. The van der Waals surface area contributed by atoms with Crippen molar-refractivity contribution in [3.05, 3.63) is 33.2 Å². The lowest BCUT2D eigenvalue weighted by atomic mass is 10.1. The molecule has 1 rings (SSSR count). The van der Waals surface area contributed by atoms with Crippen molar-refractivity contribution in [1.82, 2.24) is 4.98 Å². The summed E-state index contributed by atoms with van der Waals surface area (Å²) in [6, 6.07) is 1.10. The van der Waals surface area contributed by atoms with Gasteiger partial charge in [0.2, 0.25) is 0 Å². The summed E-state index contributed by atoms with van der Waals surface area (Å²) in [6.07, 6.45) is -3.36. The van der Waals surface area contributed by atoms with E-state index in [4.69, 9.17) is 11.6 Å². The first-order valence-corrected chi connectivity index (χ1v) is 5.77. The topological polar surface area (TPSA) is 59.2 Å². The second-order valence-electron chi connectivity index (χ2n) is 3.47. The minimum absolute atomic E-state index is 0.0886. The van der Waals surface area contributed by atoms with E-state index in [-0.39, 0.29) is 23.7 Å². The molecule has 1 aromatic rings. The highest BCUT2D eigenvalue weighted by Gasteiger charge is 2.20. The quantitative estimate of drug-likeness (QED) is 0.664. The number of rotatable bonds is 5. The fourth-order valence-corrected chi connectivity index (χ4v) is 1.60.